The standard InChI is InChI=1S/C39H38ClN9O3/c1-47(2)28-18-19-48(21-28)32(51)13-5-3-4-8-24-9-7-12-31-33(24)39(52)45-37(44-31)30(26-10-6-11-27(40)20-26)22-49-38-34(36(41)42-23-43-38)35(46-49)25-14-16-29(50)17-15-25/h6-7,9-12,14-17,20,23,28,30,50H,3,5,13,18-19,21-22H2,1-2H3,(H2,41,42,43)(H,44,45,52). The van der Waals surface area contributed by atoms with E-state index >= 15 is 0 Å². The van der Waals surface area contributed by atoms with Gasteiger partial charge in [0.25, 0.3) is 5.56 Å². The van der Waals surface area contributed by atoms with E-state index in [0.717, 1.165) is 30.6 Å². The van der Waals surface area contributed by atoms with Gasteiger partial charge in [-0.3, -0.25) is 9.59 Å². The first-order valence-electron chi connectivity index (χ1n) is 17.1. The van der Waals surface area contributed by atoms with Gasteiger partial charge in [-0.15, -0.1) is 0 Å². The topological polar surface area (TPSA) is 159 Å². The molecule has 1 amide bonds. The molecule has 2 atom stereocenters. The lowest BCUT2D eigenvalue weighted by Crippen LogP contribution is -2.34. The predicted molar refractivity (Wildman–Crippen MR) is 202 cm³/mol. The average molecular weight is 716 g/mol. The molecule has 4 heterocycles. The number of anilines is 1. The number of rotatable bonds is 9. The number of nitrogens with one attached hydrogen (secondary N) is 1. The number of nitrogens with two attached hydrogens (primary N) is 1. The number of aromatic hydroxyl groups is 1. The molecular formula is C39H38ClN9O3. The number of nitrogens with zero attached hydrogens (tertiary/aromatic N) is 7. The van der Waals surface area contributed by atoms with Gasteiger partial charge in [-0.2, -0.15) is 5.10 Å². The Labute approximate surface area is 305 Å². The molecule has 0 saturated carbocycles. The maximum Gasteiger partial charge on any atom is 0.260 e. The number of carbonyl (C=O) groups is 1. The number of aromatic nitrogens is 6. The highest BCUT2D eigenvalue weighted by Crippen LogP contribution is 2.34. The van der Waals surface area contributed by atoms with Crippen molar-refractivity contribution in [2.24, 2.45) is 0 Å². The van der Waals surface area contributed by atoms with Crippen LogP contribution >= 0.6 is 11.6 Å². The monoisotopic (exact) mass is 715 g/mol. The maximum absolute atomic E-state index is 13.8. The molecule has 52 heavy (non-hydrogen) atoms. The average Bonchev–Trinajstić information content (AvgIpc) is 3.78. The van der Waals surface area contributed by atoms with Crippen LogP contribution < -0.4 is 11.3 Å². The van der Waals surface area contributed by atoms with Gasteiger partial charge in [-0.25, -0.2) is 19.6 Å². The molecule has 0 spiro atoms. The number of amides is 1. The molecule has 3 aromatic heterocycles. The van der Waals surface area contributed by atoms with E-state index in [9.17, 15) is 14.7 Å². The predicted octanol–water partition coefficient (Wildman–Crippen LogP) is 5.19. The summed E-state index contributed by atoms with van der Waals surface area (Å²) >= 11 is 6.47. The molecule has 2 unspecified atom stereocenters. The van der Waals surface area contributed by atoms with Crippen LogP contribution in [0, 0.1) is 11.8 Å². The summed E-state index contributed by atoms with van der Waals surface area (Å²) in [4.78, 5) is 47.4. The fourth-order valence-electron chi connectivity index (χ4n) is 6.74. The van der Waals surface area contributed by atoms with Crippen molar-refractivity contribution in [3.8, 4) is 28.8 Å². The van der Waals surface area contributed by atoms with E-state index in [1.165, 1.54) is 6.33 Å². The summed E-state index contributed by atoms with van der Waals surface area (Å²) in [6, 6.07) is 19.9. The molecule has 1 aliphatic heterocycles. The number of aromatic amines is 1. The number of phenols is 1. The summed E-state index contributed by atoms with van der Waals surface area (Å²) in [6.07, 6.45) is 4.00. The Kier molecular flexibility index (Phi) is 9.89. The first-order valence-corrected chi connectivity index (χ1v) is 17.5. The van der Waals surface area contributed by atoms with Crippen LogP contribution in [-0.4, -0.2) is 83.8 Å². The number of halogens is 1. The zero-order valence-electron chi connectivity index (χ0n) is 28.9. The summed E-state index contributed by atoms with van der Waals surface area (Å²) < 4.78 is 1.72. The highest BCUT2D eigenvalue weighted by Gasteiger charge is 2.27. The lowest BCUT2D eigenvalue weighted by molar-refractivity contribution is -0.130. The Morgan fingerprint density at radius 3 is 2.69 bits per heavy atom. The summed E-state index contributed by atoms with van der Waals surface area (Å²) in [7, 11) is 4.10. The Hall–Kier alpha value is -5.77. The number of likely N-dealkylation sites (N-methyl/N-ethyl adjacent to an activating group) is 1. The zero-order valence-corrected chi connectivity index (χ0v) is 29.6. The minimum absolute atomic E-state index is 0.126. The van der Waals surface area contributed by atoms with Crippen molar-refractivity contribution in [3.63, 3.8) is 0 Å². The van der Waals surface area contributed by atoms with Gasteiger partial charge in [0.05, 0.1) is 28.8 Å². The van der Waals surface area contributed by atoms with Gasteiger partial charge in [0.1, 0.15) is 29.4 Å². The Balaban J connectivity index is 1.18. The lowest BCUT2D eigenvalue weighted by Gasteiger charge is -2.20. The Morgan fingerprint density at radius 1 is 1.12 bits per heavy atom. The van der Waals surface area contributed by atoms with Gasteiger partial charge in [0.2, 0.25) is 5.91 Å². The van der Waals surface area contributed by atoms with Crippen molar-refractivity contribution < 1.29 is 9.90 Å². The number of carbonyl (C=O) groups excluding carboxylic acids is 1. The Morgan fingerprint density at radius 2 is 1.92 bits per heavy atom. The quantitative estimate of drug-likeness (QED) is 0.135. The van der Waals surface area contributed by atoms with Gasteiger partial charge in [0, 0.05) is 48.1 Å². The van der Waals surface area contributed by atoms with Crippen LogP contribution in [0.5, 0.6) is 5.75 Å². The molecule has 1 saturated heterocycles. The van der Waals surface area contributed by atoms with Crippen LogP contribution in [0.1, 0.15) is 48.6 Å². The largest absolute Gasteiger partial charge is 0.508 e. The third kappa shape index (κ3) is 7.19. The number of phenolic OH excluding ortho intramolecular Hbond substituents is 1. The number of fused-ring (bicyclic) bond motifs is 2. The van der Waals surface area contributed by atoms with E-state index in [1.807, 2.05) is 49.3 Å². The number of benzene rings is 3. The summed E-state index contributed by atoms with van der Waals surface area (Å²) in [5.41, 5.74) is 9.69. The molecule has 0 aliphatic carbocycles. The van der Waals surface area contributed by atoms with E-state index in [2.05, 4.69) is 31.7 Å². The second-order valence-electron chi connectivity index (χ2n) is 13.2. The number of unbranched alkanes of at least 4 members (excludes halogenated alkanes) is 1. The van der Waals surface area contributed by atoms with Crippen molar-refractivity contribution in [1.29, 1.82) is 0 Å². The SMILES string of the molecule is CN(C)C1CCN(C(=O)CCCC#Cc2cccc3nc(C(Cn4nc(-c5ccc(O)cc5)c5c(N)ncnc54)c4cccc(Cl)c4)[nH]c(=O)c23)C1. The molecule has 7 rings (SSSR count). The highest BCUT2D eigenvalue weighted by molar-refractivity contribution is 6.30. The fourth-order valence-corrected chi connectivity index (χ4v) is 6.94. The van der Waals surface area contributed by atoms with Crippen LogP contribution in [0.4, 0.5) is 5.82 Å². The first kappa shape index (κ1) is 34.7. The molecule has 264 valence electrons. The van der Waals surface area contributed by atoms with E-state index in [-0.39, 0.29) is 29.6 Å². The van der Waals surface area contributed by atoms with Crippen LogP contribution in [0.25, 0.3) is 33.2 Å². The summed E-state index contributed by atoms with van der Waals surface area (Å²) in [5.74, 6) is 6.78. The number of H-pyrrole nitrogens is 1. The number of hydrogen-bond donors (Lipinski definition) is 3. The summed E-state index contributed by atoms with van der Waals surface area (Å²) in [6.45, 7) is 1.79. The molecule has 13 heteroatoms. The van der Waals surface area contributed by atoms with E-state index in [0.29, 0.717) is 69.3 Å². The van der Waals surface area contributed by atoms with E-state index in [1.54, 1.807) is 41.1 Å². The van der Waals surface area contributed by atoms with Crippen molar-refractivity contribution in [1.82, 2.24) is 39.5 Å². The highest BCUT2D eigenvalue weighted by atomic mass is 35.5. The van der Waals surface area contributed by atoms with Crippen LogP contribution in [0.2, 0.25) is 5.02 Å². The van der Waals surface area contributed by atoms with Crippen LogP contribution in [0.15, 0.2) is 77.9 Å². The van der Waals surface area contributed by atoms with Gasteiger partial charge < -0.3 is 25.6 Å². The molecule has 12 nitrogen and oxygen atoms in total. The molecule has 0 radical (unpaired) electrons. The maximum atomic E-state index is 13.8. The number of hydrogen-bond acceptors (Lipinski definition) is 9. The molecule has 6 aromatic rings. The lowest BCUT2D eigenvalue weighted by atomic mass is 9.97. The van der Waals surface area contributed by atoms with Gasteiger partial charge in [-0.1, -0.05) is 41.6 Å². The molecule has 1 fully saturated rings. The summed E-state index contributed by atoms with van der Waals surface area (Å²) in [5, 5.41) is 16.3. The minimum atomic E-state index is -0.501. The van der Waals surface area contributed by atoms with Gasteiger partial charge >= 0.3 is 0 Å². The first-order chi connectivity index (χ1) is 25.2. The van der Waals surface area contributed by atoms with Crippen molar-refractivity contribution in [3.05, 3.63) is 105 Å². The normalized spacial score (nSPS) is 14.9. The van der Waals surface area contributed by atoms with Crippen LogP contribution in [0.3, 0.4) is 0 Å². The minimum Gasteiger partial charge on any atom is -0.508 e. The van der Waals surface area contributed by atoms with Gasteiger partial charge in [0.15, 0.2) is 5.65 Å². The van der Waals surface area contributed by atoms with Crippen molar-refractivity contribution in [2.75, 3.05) is 32.9 Å². The Bertz CT molecular complexity index is 2400. The number of nitrogen functional groups attached to an aromatic ring is 1. The third-order valence-corrected chi connectivity index (χ3v) is 9.78. The van der Waals surface area contributed by atoms with Crippen molar-refractivity contribution in [2.45, 2.75) is 44.2 Å². The van der Waals surface area contributed by atoms with Crippen LogP contribution in [-0.2, 0) is 11.3 Å². The fraction of sp³-hybridized carbons (Fsp3) is 0.282. The van der Waals surface area contributed by atoms with E-state index in [4.69, 9.17) is 27.4 Å². The third-order valence-electron chi connectivity index (χ3n) is 9.55. The van der Waals surface area contributed by atoms with Gasteiger partial charge in [-0.05, 0) is 81.0 Å². The molecule has 3 aromatic carbocycles. The second kappa shape index (κ2) is 14.8. The molecule has 1 aliphatic rings. The zero-order chi connectivity index (χ0) is 36.4. The second-order valence-corrected chi connectivity index (χ2v) is 13.6. The molecule has 0 bridgehead atoms. The van der Waals surface area contributed by atoms with Crippen molar-refractivity contribution >= 4 is 45.3 Å². The number of likely N-dealkylation sites (tertiary alicyclic amines) is 1. The molecule has 4 N–H and O–H groups in total. The molecular weight excluding hydrogens is 678 g/mol. The smallest absolute Gasteiger partial charge is 0.260 e. The van der Waals surface area contributed by atoms with E-state index < -0.39 is 5.92 Å².